The summed E-state index contributed by atoms with van der Waals surface area (Å²) in [4.78, 5) is 26.2. The zero-order chi connectivity index (χ0) is 21.5. The molecule has 6 nitrogen and oxygen atoms in total. The summed E-state index contributed by atoms with van der Waals surface area (Å²) < 4.78 is 16.9. The molecule has 0 aromatic heterocycles. The zero-order valence-electron chi connectivity index (χ0n) is 16.7. The van der Waals surface area contributed by atoms with Crippen molar-refractivity contribution in [3.63, 3.8) is 0 Å². The van der Waals surface area contributed by atoms with E-state index in [0.29, 0.717) is 28.0 Å². The number of hydrogen-bond acceptors (Lipinski definition) is 8. The summed E-state index contributed by atoms with van der Waals surface area (Å²) in [6, 6.07) is 5.18. The molecule has 1 saturated heterocycles. The van der Waals surface area contributed by atoms with Gasteiger partial charge in [0.25, 0.3) is 0 Å². The van der Waals surface area contributed by atoms with Gasteiger partial charge >= 0.3 is 5.97 Å². The number of benzene rings is 1. The van der Waals surface area contributed by atoms with Gasteiger partial charge in [0.2, 0.25) is 5.60 Å². The lowest BCUT2D eigenvalue weighted by molar-refractivity contribution is -0.169. The van der Waals surface area contributed by atoms with Crippen molar-refractivity contribution in [2.45, 2.75) is 42.0 Å². The Hall–Kier alpha value is -1.16. The van der Waals surface area contributed by atoms with Crippen LogP contribution in [0.15, 0.2) is 34.0 Å². The van der Waals surface area contributed by atoms with Gasteiger partial charge in [-0.05, 0) is 37.0 Å². The number of methoxy groups -OCH3 is 1. The van der Waals surface area contributed by atoms with Crippen molar-refractivity contribution in [3.05, 3.63) is 39.6 Å². The molecule has 1 aromatic carbocycles. The second kappa shape index (κ2) is 8.41. The number of thioether (sulfide) groups is 2. The van der Waals surface area contributed by atoms with Gasteiger partial charge in [-0.1, -0.05) is 22.0 Å². The molecule has 30 heavy (non-hydrogen) atoms. The van der Waals surface area contributed by atoms with Gasteiger partial charge in [0.1, 0.15) is 11.5 Å². The topological polar surface area (TPSA) is 82.1 Å². The summed E-state index contributed by atoms with van der Waals surface area (Å²) in [5, 5.41) is 11.7. The third kappa shape index (κ3) is 3.57. The number of ketones is 1. The fourth-order valence-electron chi connectivity index (χ4n) is 4.18. The van der Waals surface area contributed by atoms with Crippen LogP contribution in [0.4, 0.5) is 0 Å². The van der Waals surface area contributed by atoms with Crippen LogP contribution in [-0.4, -0.2) is 51.8 Å². The normalized spacial score (nSPS) is 27.6. The molecule has 0 unspecified atom stereocenters. The molecule has 1 aliphatic carbocycles. The molecule has 0 amide bonds. The van der Waals surface area contributed by atoms with Crippen LogP contribution in [0.25, 0.3) is 0 Å². The summed E-state index contributed by atoms with van der Waals surface area (Å²) >= 11 is 7.02. The smallest absolute Gasteiger partial charge is 0.347 e. The van der Waals surface area contributed by atoms with Gasteiger partial charge in [-0.25, -0.2) is 4.79 Å². The molecule has 1 aromatic rings. The summed E-state index contributed by atoms with van der Waals surface area (Å²) in [7, 11) is 1.56. The Morgan fingerprint density at radius 1 is 1.33 bits per heavy atom. The number of carbonyl (C=O) groups is 2. The van der Waals surface area contributed by atoms with Crippen molar-refractivity contribution in [1.29, 1.82) is 0 Å². The number of hydrogen-bond donors (Lipinski definition) is 1. The van der Waals surface area contributed by atoms with Gasteiger partial charge in [-0.3, -0.25) is 4.79 Å². The lowest BCUT2D eigenvalue weighted by Gasteiger charge is -2.38. The predicted molar refractivity (Wildman–Crippen MR) is 120 cm³/mol. The minimum atomic E-state index is -2.19. The van der Waals surface area contributed by atoms with E-state index < -0.39 is 17.7 Å². The maximum Gasteiger partial charge on any atom is 0.347 e. The molecule has 2 aliphatic heterocycles. The molecule has 162 valence electrons. The minimum absolute atomic E-state index is 0.0473. The highest BCUT2D eigenvalue weighted by molar-refractivity contribution is 9.10. The SMILES string of the molecule is CCOC(=O)[C@@]1(O)C2=C(CC3(CC2=O)SCCCS3)O[C@H]1c1ccc(OC)cc1Br. The first kappa shape index (κ1) is 22.0. The first-order valence-corrected chi connectivity index (χ1v) is 12.6. The number of rotatable bonds is 4. The van der Waals surface area contributed by atoms with E-state index in [1.54, 1.807) is 55.8 Å². The summed E-state index contributed by atoms with van der Waals surface area (Å²) in [5.74, 6) is 1.87. The van der Waals surface area contributed by atoms with E-state index in [9.17, 15) is 14.7 Å². The number of Topliss-reactive ketones (excluding diaryl/α,β-unsaturated/α-hetero) is 1. The first-order chi connectivity index (χ1) is 14.3. The Labute approximate surface area is 192 Å². The number of halogens is 1. The van der Waals surface area contributed by atoms with Crippen LogP contribution in [0.5, 0.6) is 5.75 Å². The van der Waals surface area contributed by atoms with E-state index in [-0.39, 0.29) is 28.5 Å². The fourth-order valence-corrected chi connectivity index (χ4v) is 8.01. The molecule has 1 N–H and O–H groups in total. The van der Waals surface area contributed by atoms with Crippen LogP contribution < -0.4 is 4.74 Å². The largest absolute Gasteiger partial charge is 0.497 e. The standard InChI is InChI=1S/C21H23BrO6S2/c1-3-27-19(24)21(25)17-15(23)10-20(29-7-4-8-30-20)11-16(17)28-18(21)13-6-5-12(26-2)9-14(13)22/h5-6,9,18,25H,3-4,7-8,10-11H2,1-2H3/t18-,21+/m0/s1. The van der Waals surface area contributed by atoms with E-state index in [4.69, 9.17) is 14.2 Å². The maximum atomic E-state index is 13.3. The average Bonchev–Trinajstić information content (AvgIpc) is 3.02. The Balaban J connectivity index is 1.78. The van der Waals surface area contributed by atoms with Crippen LogP contribution in [0.3, 0.4) is 0 Å². The molecular formula is C21H23BrO6S2. The maximum absolute atomic E-state index is 13.3. The van der Waals surface area contributed by atoms with E-state index in [1.807, 2.05) is 0 Å². The van der Waals surface area contributed by atoms with Crippen molar-refractivity contribution in [2.75, 3.05) is 25.2 Å². The Morgan fingerprint density at radius 2 is 2.07 bits per heavy atom. The van der Waals surface area contributed by atoms with E-state index in [0.717, 1.165) is 17.9 Å². The molecule has 2 heterocycles. The molecule has 4 rings (SSSR count). The van der Waals surface area contributed by atoms with E-state index in [2.05, 4.69) is 15.9 Å². The number of aliphatic hydroxyl groups is 1. The van der Waals surface area contributed by atoms with Gasteiger partial charge in [-0.15, -0.1) is 23.5 Å². The summed E-state index contributed by atoms with van der Waals surface area (Å²) in [5.41, 5.74) is -1.59. The average molecular weight is 515 g/mol. The van der Waals surface area contributed by atoms with Crippen LogP contribution in [0.2, 0.25) is 0 Å². The molecule has 1 fully saturated rings. The van der Waals surface area contributed by atoms with Crippen molar-refractivity contribution >= 4 is 51.2 Å². The lowest BCUT2D eigenvalue weighted by Crippen LogP contribution is -2.48. The number of allylic oxidation sites excluding steroid dienone is 1. The summed E-state index contributed by atoms with van der Waals surface area (Å²) in [6.45, 7) is 1.75. The Bertz CT molecular complexity index is 911. The number of ether oxygens (including phenoxy) is 3. The third-order valence-electron chi connectivity index (χ3n) is 5.53. The highest BCUT2D eigenvalue weighted by atomic mass is 79.9. The number of esters is 1. The molecule has 0 bridgehead atoms. The lowest BCUT2D eigenvalue weighted by atomic mass is 9.80. The van der Waals surface area contributed by atoms with Crippen LogP contribution >= 0.6 is 39.5 Å². The quantitative estimate of drug-likeness (QED) is 0.603. The second-order valence-corrected chi connectivity index (χ2v) is 11.5. The molecule has 1 spiro atoms. The summed E-state index contributed by atoms with van der Waals surface area (Å²) in [6.07, 6.45) is 0.782. The monoisotopic (exact) mass is 514 g/mol. The first-order valence-electron chi connectivity index (χ1n) is 9.79. The van der Waals surface area contributed by atoms with Gasteiger partial charge in [0, 0.05) is 22.9 Å². The second-order valence-electron chi connectivity index (χ2n) is 7.41. The highest BCUT2D eigenvalue weighted by Crippen LogP contribution is 2.58. The van der Waals surface area contributed by atoms with E-state index >= 15 is 0 Å². The molecule has 2 atom stereocenters. The van der Waals surface area contributed by atoms with Crippen LogP contribution in [-0.2, 0) is 19.1 Å². The molecule has 3 aliphatic rings. The molecular weight excluding hydrogens is 492 g/mol. The minimum Gasteiger partial charge on any atom is -0.497 e. The highest BCUT2D eigenvalue weighted by Gasteiger charge is 2.62. The van der Waals surface area contributed by atoms with Crippen LogP contribution in [0.1, 0.15) is 37.9 Å². The van der Waals surface area contributed by atoms with Crippen LogP contribution in [0, 0.1) is 0 Å². The van der Waals surface area contributed by atoms with Crippen molar-refractivity contribution in [3.8, 4) is 5.75 Å². The predicted octanol–water partition coefficient (Wildman–Crippen LogP) is 4.01. The number of carbonyl (C=O) groups excluding carboxylic acids is 2. The molecule has 9 heteroatoms. The van der Waals surface area contributed by atoms with Gasteiger partial charge in [0.15, 0.2) is 11.9 Å². The van der Waals surface area contributed by atoms with Crippen molar-refractivity contribution in [1.82, 2.24) is 0 Å². The third-order valence-corrected chi connectivity index (χ3v) is 9.54. The van der Waals surface area contributed by atoms with Gasteiger partial charge in [-0.2, -0.15) is 0 Å². The van der Waals surface area contributed by atoms with Gasteiger partial charge < -0.3 is 19.3 Å². The molecule has 0 saturated carbocycles. The van der Waals surface area contributed by atoms with Crippen molar-refractivity contribution in [2.24, 2.45) is 0 Å². The Morgan fingerprint density at radius 3 is 2.70 bits per heavy atom. The zero-order valence-corrected chi connectivity index (χ0v) is 20.0. The Kier molecular flexibility index (Phi) is 6.18. The molecule has 0 radical (unpaired) electrons. The van der Waals surface area contributed by atoms with Crippen molar-refractivity contribution < 1.29 is 28.9 Å². The fraction of sp³-hybridized carbons (Fsp3) is 0.524. The van der Waals surface area contributed by atoms with Gasteiger partial charge in [0.05, 0.1) is 23.4 Å². The van der Waals surface area contributed by atoms with E-state index in [1.165, 1.54) is 0 Å².